The molecule has 0 spiro atoms. The number of benzene rings is 1. The summed E-state index contributed by atoms with van der Waals surface area (Å²) in [5.41, 5.74) is 0.286. The van der Waals surface area contributed by atoms with Gasteiger partial charge in [0.2, 0.25) is 5.13 Å². The van der Waals surface area contributed by atoms with Crippen LogP contribution < -0.4 is 4.72 Å². The first-order valence-electron chi connectivity index (χ1n) is 5.40. The van der Waals surface area contributed by atoms with E-state index < -0.39 is 10.0 Å². The average molecular weight is 294 g/mol. The average Bonchev–Trinajstić information content (AvgIpc) is 2.85. The molecule has 6 nitrogen and oxygen atoms in total. The van der Waals surface area contributed by atoms with Crippen LogP contribution in [0.5, 0.6) is 0 Å². The number of hydrogen-bond acceptors (Lipinski definition) is 6. The zero-order valence-electron chi connectivity index (χ0n) is 9.99. The summed E-state index contributed by atoms with van der Waals surface area (Å²) < 4.78 is 30.5. The van der Waals surface area contributed by atoms with Crippen LogP contribution in [0.3, 0.4) is 0 Å². The molecule has 0 radical (unpaired) electrons. The van der Waals surface area contributed by atoms with E-state index in [1.165, 1.54) is 18.2 Å². The lowest BCUT2D eigenvalue weighted by Crippen LogP contribution is -2.12. The van der Waals surface area contributed by atoms with Crippen LogP contribution in [0.2, 0.25) is 0 Å². The van der Waals surface area contributed by atoms with Crippen molar-refractivity contribution < 1.29 is 8.42 Å². The van der Waals surface area contributed by atoms with Crippen LogP contribution in [0, 0.1) is 11.3 Å². The fourth-order valence-corrected chi connectivity index (χ4v) is 3.27. The quantitative estimate of drug-likeness (QED) is 0.927. The molecule has 1 aromatic carbocycles. The maximum atomic E-state index is 12.1. The molecule has 0 saturated heterocycles. The maximum absolute atomic E-state index is 12.1. The molecule has 0 atom stereocenters. The number of sulfonamides is 1. The molecule has 1 heterocycles. The summed E-state index contributed by atoms with van der Waals surface area (Å²) in [5, 5.41) is 8.99. The predicted octanol–water partition coefficient (Wildman–Crippen LogP) is 1.77. The van der Waals surface area contributed by atoms with Crippen LogP contribution in [0.4, 0.5) is 5.13 Å². The van der Waals surface area contributed by atoms with Crippen LogP contribution in [0.25, 0.3) is 0 Å². The third-order valence-electron chi connectivity index (χ3n) is 2.28. The standard InChI is InChI=1S/C11H10N4O2S2/c1-2-10-13-11(18-14-10)15-19(16,17)9-5-3-4-8(6-9)7-12/h3-6H,2H2,1H3,(H,13,14,15). The van der Waals surface area contributed by atoms with E-state index >= 15 is 0 Å². The first-order chi connectivity index (χ1) is 9.05. The lowest BCUT2D eigenvalue weighted by molar-refractivity contribution is 0.601. The van der Waals surface area contributed by atoms with E-state index in [2.05, 4.69) is 14.1 Å². The van der Waals surface area contributed by atoms with Gasteiger partial charge in [-0.15, -0.1) is 0 Å². The molecule has 8 heteroatoms. The molecule has 0 bridgehead atoms. The molecule has 0 aliphatic heterocycles. The summed E-state index contributed by atoms with van der Waals surface area (Å²) in [5.74, 6) is 0.591. The maximum Gasteiger partial charge on any atom is 0.263 e. The Morgan fingerprint density at radius 3 is 2.89 bits per heavy atom. The van der Waals surface area contributed by atoms with Crippen LogP contribution in [0.1, 0.15) is 18.3 Å². The monoisotopic (exact) mass is 294 g/mol. The summed E-state index contributed by atoms with van der Waals surface area (Å²) in [4.78, 5) is 4.06. The molecule has 0 amide bonds. The SMILES string of the molecule is CCc1nsc(NS(=O)(=O)c2cccc(C#N)c2)n1. The van der Waals surface area contributed by atoms with Gasteiger partial charge in [-0.3, -0.25) is 4.72 Å². The highest BCUT2D eigenvalue weighted by molar-refractivity contribution is 7.93. The zero-order valence-corrected chi connectivity index (χ0v) is 11.6. The highest BCUT2D eigenvalue weighted by atomic mass is 32.2. The Labute approximate surface area is 115 Å². The molecular formula is C11H10N4O2S2. The second-order valence-electron chi connectivity index (χ2n) is 3.61. The number of aryl methyl sites for hydroxylation is 1. The fourth-order valence-electron chi connectivity index (χ4n) is 1.35. The topological polar surface area (TPSA) is 95.7 Å². The van der Waals surface area contributed by atoms with Gasteiger partial charge >= 0.3 is 0 Å². The highest BCUT2D eigenvalue weighted by Crippen LogP contribution is 2.18. The van der Waals surface area contributed by atoms with Crippen molar-refractivity contribution in [3.05, 3.63) is 35.7 Å². The van der Waals surface area contributed by atoms with E-state index in [1.54, 1.807) is 6.07 Å². The Kier molecular flexibility index (Phi) is 3.78. The zero-order chi connectivity index (χ0) is 13.9. The third-order valence-corrected chi connectivity index (χ3v) is 4.41. The molecule has 2 rings (SSSR count). The lowest BCUT2D eigenvalue weighted by Gasteiger charge is -2.04. The molecule has 1 N–H and O–H groups in total. The summed E-state index contributed by atoms with van der Waals surface area (Å²) in [7, 11) is -3.73. The second-order valence-corrected chi connectivity index (χ2v) is 6.05. The van der Waals surface area contributed by atoms with Crippen molar-refractivity contribution in [2.45, 2.75) is 18.2 Å². The number of anilines is 1. The third kappa shape index (κ3) is 3.07. The first-order valence-corrected chi connectivity index (χ1v) is 7.66. The number of nitrogens with zero attached hydrogens (tertiary/aromatic N) is 3. The number of nitriles is 1. The van der Waals surface area contributed by atoms with E-state index in [9.17, 15) is 8.42 Å². The van der Waals surface area contributed by atoms with E-state index in [0.29, 0.717) is 12.2 Å². The molecular weight excluding hydrogens is 284 g/mol. The number of aromatic nitrogens is 2. The largest absolute Gasteiger partial charge is 0.263 e. The molecule has 0 aliphatic carbocycles. The Morgan fingerprint density at radius 2 is 2.26 bits per heavy atom. The van der Waals surface area contributed by atoms with Crippen molar-refractivity contribution in [1.82, 2.24) is 9.36 Å². The van der Waals surface area contributed by atoms with Crippen LogP contribution in [-0.2, 0) is 16.4 Å². The van der Waals surface area contributed by atoms with Gasteiger partial charge in [-0.1, -0.05) is 13.0 Å². The normalized spacial score (nSPS) is 10.9. The Morgan fingerprint density at radius 1 is 1.47 bits per heavy atom. The van der Waals surface area contributed by atoms with Crippen molar-refractivity contribution in [3.8, 4) is 6.07 Å². The molecule has 0 unspecified atom stereocenters. The van der Waals surface area contributed by atoms with Gasteiger partial charge in [-0.05, 0) is 18.2 Å². The summed E-state index contributed by atoms with van der Waals surface area (Å²) in [6, 6.07) is 7.69. The van der Waals surface area contributed by atoms with Gasteiger partial charge in [0, 0.05) is 18.0 Å². The van der Waals surface area contributed by atoms with Gasteiger partial charge in [0.05, 0.1) is 16.5 Å². The fraction of sp³-hybridized carbons (Fsp3) is 0.182. The van der Waals surface area contributed by atoms with Gasteiger partial charge in [0.1, 0.15) is 5.82 Å². The molecule has 19 heavy (non-hydrogen) atoms. The minimum absolute atomic E-state index is 0.0276. The van der Waals surface area contributed by atoms with Gasteiger partial charge in [-0.2, -0.15) is 9.64 Å². The van der Waals surface area contributed by atoms with Crippen LogP contribution in [0.15, 0.2) is 29.2 Å². The summed E-state index contributed by atoms with van der Waals surface area (Å²) in [6.45, 7) is 1.89. The van der Waals surface area contributed by atoms with Crippen molar-refractivity contribution in [2.75, 3.05) is 4.72 Å². The number of rotatable bonds is 4. The molecule has 98 valence electrons. The van der Waals surface area contributed by atoms with Gasteiger partial charge in [0.15, 0.2) is 0 Å². The second kappa shape index (κ2) is 5.34. The first kappa shape index (κ1) is 13.5. The van der Waals surface area contributed by atoms with E-state index in [4.69, 9.17) is 5.26 Å². The van der Waals surface area contributed by atoms with Gasteiger partial charge in [-0.25, -0.2) is 13.4 Å². The van der Waals surface area contributed by atoms with Crippen molar-refractivity contribution >= 4 is 26.7 Å². The lowest BCUT2D eigenvalue weighted by atomic mass is 10.2. The van der Waals surface area contributed by atoms with Crippen molar-refractivity contribution in [2.24, 2.45) is 0 Å². The van der Waals surface area contributed by atoms with Crippen LogP contribution in [-0.4, -0.2) is 17.8 Å². The molecule has 0 fully saturated rings. The highest BCUT2D eigenvalue weighted by Gasteiger charge is 2.16. The Balaban J connectivity index is 2.29. The van der Waals surface area contributed by atoms with E-state index in [0.717, 1.165) is 11.5 Å². The summed E-state index contributed by atoms with van der Waals surface area (Å²) >= 11 is 0.989. The van der Waals surface area contributed by atoms with Crippen molar-refractivity contribution in [3.63, 3.8) is 0 Å². The predicted molar refractivity (Wildman–Crippen MR) is 71.3 cm³/mol. The molecule has 0 saturated carbocycles. The van der Waals surface area contributed by atoms with Gasteiger partial charge < -0.3 is 0 Å². The van der Waals surface area contributed by atoms with Gasteiger partial charge in [0.25, 0.3) is 10.0 Å². The van der Waals surface area contributed by atoms with E-state index in [-0.39, 0.29) is 15.6 Å². The summed E-state index contributed by atoms with van der Waals surface area (Å²) in [6.07, 6.45) is 0.641. The molecule has 2 aromatic rings. The minimum atomic E-state index is -3.73. The van der Waals surface area contributed by atoms with Crippen molar-refractivity contribution in [1.29, 1.82) is 5.26 Å². The van der Waals surface area contributed by atoms with Crippen LogP contribution >= 0.6 is 11.5 Å². The minimum Gasteiger partial charge on any atom is -0.253 e. The number of hydrogen-bond donors (Lipinski definition) is 1. The Hall–Kier alpha value is -1.98. The number of nitrogens with one attached hydrogen (secondary N) is 1. The Bertz CT molecular complexity index is 731. The molecule has 0 aliphatic rings. The smallest absolute Gasteiger partial charge is 0.253 e. The molecule has 1 aromatic heterocycles. The van der Waals surface area contributed by atoms with E-state index in [1.807, 2.05) is 13.0 Å².